The summed E-state index contributed by atoms with van der Waals surface area (Å²) in [6.45, 7) is 0. The maximum atomic E-state index is 14.4. The molecule has 1 N–H and O–H groups in total. The molecule has 2 bridgehead atoms. The number of imide groups is 1. The summed E-state index contributed by atoms with van der Waals surface area (Å²) in [6.07, 6.45) is 2.50. The summed E-state index contributed by atoms with van der Waals surface area (Å²) >= 11 is 12.7. The van der Waals surface area contributed by atoms with Crippen LogP contribution in [0.3, 0.4) is 0 Å². The molecule has 1 saturated heterocycles. The van der Waals surface area contributed by atoms with Crippen molar-refractivity contribution in [3.8, 4) is 0 Å². The number of carbonyl (C=O) groups excluding carboxylic acids is 3. The molecule has 1 aliphatic heterocycles. The zero-order valence-electron chi connectivity index (χ0n) is 22.3. The fourth-order valence-corrected chi connectivity index (χ4v) is 7.61. The van der Waals surface area contributed by atoms with Crippen LogP contribution in [-0.2, 0) is 26.2 Å². The van der Waals surface area contributed by atoms with Gasteiger partial charge in [0.05, 0.1) is 28.0 Å². The second-order valence-electron chi connectivity index (χ2n) is 10.9. The zero-order valence-corrected chi connectivity index (χ0v) is 23.8. The van der Waals surface area contributed by atoms with E-state index in [0.29, 0.717) is 17.1 Å². The van der Waals surface area contributed by atoms with Gasteiger partial charge in [-0.3, -0.25) is 14.4 Å². The topological polar surface area (TPSA) is 78.8 Å². The third-order valence-corrected chi connectivity index (χ3v) is 9.31. The number of rotatable bonds is 6. The highest BCUT2D eigenvalue weighted by Crippen LogP contribution is 2.63. The summed E-state index contributed by atoms with van der Waals surface area (Å²) < 4.78 is 0. The third kappa shape index (κ3) is 3.93. The SMILES string of the molecule is O=C(CCc1ccccc1)N/N=C\C12c3ccccc3C(c3ccccc31)[C@H]1C(=O)N(c3ccc(Cl)cc3Cl)C(=O)[C@H]12. The van der Waals surface area contributed by atoms with Gasteiger partial charge in [-0.2, -0.15) is 5.10 Å². The summed E-state index contributed by atoms with van der Waals surface area (Å²) in [6, 6.07) is 30.3. The summed E-state index contributed by atoms with van der Waals surface area (Å²) in [7, 11) is 0. The molecule has 0 spiro atoms. The Hall–Kier alpha value is -4.26. The second kappa shape index (κ2) is 10.2. The van der Waals surface area contributed by atoms with E-state index in [1.165, 1.54) is 11.0 Å². The van der Waals surface area contributed by atoms with Gasteiger partial charge in [-0.1, -0.05) is 102 Å². The molecule has 4 aromatic rings. The van der Waals surface area contributed by atoms with E-state index in [0.717, 1.165) is 27.8 Å². The lowest BCUT2D eigenvalue weighted by molar-refractivity contribution is -0.123. The van der Waals surface area contributed by atoms with E-state index in [9.17, 15) is 14.4 Å². The van der Waals surface area contributed by atoms with E-state index < -0.39 is 17.3 Å². The first kappa shape index (κ1) is 26.6. The average molecular weight is 594 g/mol. The Morgan fingerprint density at radius 2 is 1.50 bits per heavy atom. The molecule has 0 aromatic heterocycles. The molecule has 8 heteroatoms. The number of nitrogens with zero attached hydrogens (tertiary/aromatic N) is 2. The molecule has 2 atom stereocenters. The van der Waals surface area contributed by atoms with Crippen LogP contribution in [-0.4, -0.2) is 23.9 Å². The minimum Gasteiger partial charge on any atom is -0.274 e. The van der Waals surface area contributed by atoms with Gasteiger partial charge in [-0.25, -0.2) is 10.3 Å². The second-order valence-corrected chi connectivity index (χ2v) is 11.8. The Bertz CT molecular complexity index is 1740. The van der Waals surface area contributed by atoms with Gasteiger partial charge in [-0.05, 0) is 52.4 Å². The first-order chi connectivity index (χ1) is 20.4. The van der Waals surface area contributed by atoms with Crippen molar-refractivity contribution < 1.29 is 14.4 Å². The standard InChI is InChI=1S/C34H25Cl2N3O3/c35-21-15-16-27(26(36)18-21)39-32(41)30-29-22-10-4-6-12-24(22)34(31(30)33(39)42,25-13-7-5-11-23(25)29)19-37-38-28(40)17-14-20-8-2-1-3-9-20/h1-13,15-16,18-19,29-31H,14,17H2,(H,38,40)/b37-19-/t29?,30-,31+,34?/m1/s1. The van der Waals surface area contributed by atoms with Gasteiger partial charge in [0.25, 0.3) is 0 Å². The minimum atomic E-state index is -1.08. The Balaban J connectivity index is 1.32. The van der Waals surface area contributed by atoms with Gasteiger partial charge in [-0.15, -0.1) is 0 Å². The molecule has 4 aliphatic rings. The van der Waals surface area contributed by atoms with Crippen molar-refractivity contribution in [2.45, 2.75) is 24.2 Å². The van der Waals surface area contributed by atoms with E-state index in [-0.39, 0.29) is 35.1 Å². The number of halogens is 2. The Morgan fingerprint density at radius 3 is 2.17 bits per heavy atom. The van der Waals surface area contributed by atoms with E-state index in [1.807, 2.05) is 78.9 Å². The van der Waals surface area contributed by atoms with E-state index in [2.05, 4.69) is 10.5 Å². The first-order valence-corrected chi connectivity index (χ1v) is 14.6. The predicted octanol–water partition coefficient (Wildman–Crippen LogP) is 6.28. The lowest BCUT2D eigenvalue weighted by atomic mass is 9.47. The summed E-state index contributed by atoms with van der Waals surface area (Å²) in [5.74, 6) is -2.67. The predicted molar refractivity (Wildman–Crippen MR) is 163 cm³/mol. The van der Waals surface area contributed by atoms with Crippen LogP contribution in [0.2, 0.25) is 10.0 Å². The zero-order chi connectivity index (χ0) is 29.0. The van der Waals surface area contributed by atoms with Crippen LogP contribution < -0.4 is 10.3 Å². The molecule has 8 rings (SSSR count). The highest BCUT2D eigenvalue weighted by atomic mass is 35.5. The van der Waals surface area contributed by atoms with Crippen molar-refractivity contribution in [1.29, 1.82) is 0 Å². The smallest absolute Gasteiger partial charge is 0.240 e. The normalized spacial score (nSPS) is 23.6. The molecular formula is C34H25Cl2N3O3. The largest absolute Gasteiger partial charge is 0.274 e. The molecule has 1 heterocycles. The monoisotopic (exact) mass is 593 g/mol. The average Bonchev–Trinajstić information content (AvgIpc) is 3.27. The van der Waals surface area contributed by atoms with Gasteiger partial charge < -0.3 is 0 Å². The van der Waals surface area contributed by atoms with Crippen molar-refractivity contribution in [3.05, 3.63) is 135 Å². The molecule has 6 nitrogen and oxygen atoms in total. The van der Waals surface area contributed by atoms with Crippen LogP contribution in [0.5, 0.6) is 0 Å². The number of carbonyl (C=O) groups is 3. The van der Waals surface area contributed by atoms with Crippen molar-refractivity contribution in [2.75, 3.05) is 4.90 Å². The highest BCUT2D eigenvalue weighted by Gasteiger charge is 2.68. The molecule has 0 radical (unpaired) electrons. The molecule has 0 saturated carbocycles. The van der Waals surface area contributed by atoms with Crippen molar-refractivity contribution in [2.24, 2.45) is 16.9 Å². The van der Waals surface area contributed by atoms with Crippen LogP contribution in [0.25, 0.3) is 0 Å². The Labute approximate surface area is 253 Å². The summed E-state index contributed by atoms with van der Waals surface area (Å²) in [4.78, 5) is 42.7. The number of hydrogen-bond donors (Lipinski definition) is 1. The lowest BCUT2D eigenvalue weighted by Gasteiger charge is -2.52. The van der Waals surface area contributed by atoms with Crippen LogP contribution >= 0.6 is 23.2 Å². The molecule has 3 aliphatic carbocycles. The van der Waals surface area contributed by atoms with Crippen LogP contribution in [0.15, 0.2) is 102 Å². The van der Waals surface area contributed by atoms with E-state index >= 15 is 0 Å². The van der Waals surface area contributed by atoms with Gasteiger partial charge in [0, 0.05) is 23.6 Å². The number of nitrogens with one attached hydrogen (secondary N) is 1. The molecule has 1 fully saturated rings. The minimum absolute atomic E-state index is 0.221. The number of benzene rings is 4. The molecule has 3 amide bonds. The molecule has 4 aromatic carbocycles. The number of hydrogen-bond acceptors (Lipinski definition) is 4. The third-order valence-electron chi connectivity index (χ3n) is 8.78. The number of amides is 3. The molecule has 0 unspecified atom stereocenters. The summed E-state index contributed by atoms with van der Waals surface area (Å²) in [5, 5.41) is 5.10. The quantitative estimate of drug-likeness (QED) is 0.162. The number of hydrazone groups is 1. The molecule has 42 heavy (non-hydrogen) atoms. The fraction of sp³-hybridized carbons (Fsp3) is 0.176. The lowest BCUT2D eigenvalue weighted by Crippen LogP contribution is -2.54. The molecule has 208 valence electrons. The van der Waals surface area contributed by atoms with E-state index in [1.54, 1.807) is 18.3 Å². The number of anilines is 1. The van der Waals surface area contributed by atoms with Gasteiger partial charge >= 0.3 is 0 Å². The Kier molecular flexibility index (Phi) is 6.48. The van der Waals surface area contributed by atoms with Crippen LogP contribution in [0.1, 0.15) is 40.2 Å². The van der Waals surface area contributed by atoms with Crippen LogP contribution in [0.4, 0.5) is 5.69 Å². The maximum Gasteiger partial charge on any atom is 0.240 e. The van der Waals surface area contributed by atoms with Gasteiger partial charge in [0.2, 0.25) is 17.7 Å². The van der Waals surface area contributed by atoms with Crippen molar-refractivity contribution in [1.82, 2.24) is 5.43 Å². The van der Waals surface area contributed by atoms with Crippen molar-refractivity contribution >= 4 is 52.8 Å². The Morgan fingerprint density at radius 1 is 0.857 bits per heavy atom. The molecular weight excluding hydrogens is 569 g/mol. The fourth-order valence-electron chi connectivity index (χ4n) is 7.11. The van der Waals surface area contributed by atoms with Gasteiger partial charge in [0.15, 0.2) is 0 Å². The first-order valence-electron chi connectivity index (χ1n) is 13.8. The van der Waals surface area contributed by atoms with Gasteiger partial charge in [0.1, 0.15) is 0 Å². The maximum absolute atomic E-state index is 14.4. The summed E-state index contributed by atoms with van der Waals surface area (Å²) in [5.41, 5.74) is 6.73. The van der Waals surface area contributed by atoms with Crippen molar-refractivity contribution in [3.63, 3.8) is 0 Å². The highest BCUT2D eigenvalue weighted by molar-refractivity contribution is 6.38. The van der Waals surface area contributed by atoms with Crippen LogP contribution in [0, 0.1) is 11.8 Å². The van der Waals surface area contributed by atoms with E-state index in [4.69, 9.17) is 23.2 Å². The number of aryl methyl sites for hydroxylation is 1.